The third-order valence-corrected chi connectivity index (χ3v) is 5.25. The number of carbonyl (C=O) groups is 1. The highest BCUT2D eigenvalue weighted by Gasteiger charge is 2.19. The van der Waals surface area contributed by atoms with Gasteiger partial charge in [0.15, 0.2) is 5.78 Å². The van der Waals surface area contributed by atoms with Gasteiger partial charge in [0.25, 0.3) is 0 Å². The van der Waals surface area contributed by atoms with Crippen LogP contribution in [0.25, 0.3) is 0 Å². The fourth-order valence-corrected chi connectivity index (χ4v) is 3.50. The molecular weight excluding hydrogens is 326 g/mol. The number of ketones is 1. The smallest absolute Gasteiger partial charge is 0.240 e. The summed E-state index contributed by atoms with van der Waals surface area (Å²) in [6.45, 7) is 3.46. The van der Waals surface area contributed by atoms with Crippen molar-refractivity contribution in [1.29, 1.82) is 0 Å². The molecule has 24 heavy (non-hydrogen) atoms. The fraction of sp³-hybridized carbons (Fsp3) is 0.278. The molecule has 0 aliphatic rings. The zero-order valence-corrected chi connectivity index (χ0v) is 14.8. The third kappa shape index (κ3) is 4.29. The molecule has 2 rings (SSSR count). The second-order valence-electron chi connectivity index (χ2n) is 5.52. The lowest BCUT2D eigenvalue weighted by atomic mass is 10.0. The highest BCUT2D eigenvalue weighted by Crippen LogP contribution is 2.20. The minimum atomic E-state index is -3.72. The number of hydrogen-bond donors (Lipinski definition) is 1. The first kappa shape index (κ1) is 18.3. The molecule has 128 valence electrons. The lowest BCUT2D eigenvalue weighted by Crippen LogP contribution is -2.29. The van der Waals surface area contributed by atoms with E-state index >= 15 is 0 Å². The van der Waals surface area contributed by atoms with Gasteiger partial charge in [0.1, 0.15) is 0 Å². The molecule has 1 atom stereocenters. The fourth-order valence-electron chi connectivity index (χ4n) is 2.42. The third-order valence-electron chi connectivity index (χ3n) is 3.83. The summed E-state index contributed by atoms with van der Waals surface area (Å²) in [5.74, 6) is -0.179. The van der Waals surface area contributed by atoms with Crippen molar-refractivity contribution in [2.75, 3.05) is 13.7 Å². The summed E-state index contributed by atoms with van der Waals surface area (Å²) in [7, 11) is -2.18. The van der Waals surface area contributed by atoms with Crippen LogP contribution in [0.4, 0.5) is 0 Å². The lowest BCUT2D eigenvalue weighted by molar-refractivity contribution is 0.101. The topological polar surface area (TPSA) is 72.5 Å². The van der Waals surface area contributed by atoms with Crippen molar-refractivity contribution in [3.05, 3.63) is 65.2 Å². The van der Waals surface area contributed by atoms with E-state index < -0.39 is 16.1 Å². The van der Waals surface area contributed by atoms with Crippen LogP contribution in [-0.2, 0) is 14.8 Å². The average Bonchev–Trinajstić information content (AvgIpc) is 2.57. The van der Waals surface area contributed by atoms with E-state index in [1.807, 2.05) is 31.2 Å². The number of rotatable bonds is 7. The van der Waals surface area contributed by atoms with Crippen molar-refractivity contribution >= 4 is 15.8 Å². The Morgan fingerprint density at radius 1 is 1.17 bits per heavy atom. The number of sulfonamides is 1. The van der Waals surface area contributed by atoms with Gasteiger partial charge < -0.3 is 4.74 Å². The highest BCUT2D eigenvalue weighted by atomic mass is 32.2. The molecule has 1 N–H and O–H groups in total. The quantitative estimate of drug-likeness (QED) is 0.782. The molecule has 0 heterocycles. The predicted molar refractivity (Wildman–Crippen MR) is 92.6 cm³/mol. The molecule has 0 radical (unpaired) electrons. The van der Waals surface area contributed by atoms with E-state index in [-0.39, 0.29) is 17.2 Å². The maximum atomic E-state index is 12.5. The van der Waals surface area contributed by atoms with Crippen LogP contribution < -0.4 is 4.72 Å². The maximum Gasteiger partial charge on any atom is 0.240 e. The molecule has 0 aliphatic heterocycles. The van der Waals surface area contributed by atoms with Crippen molar-refractivity contribution in [3.63, 3.8) is 0 Å². The van der Waals surface area contributed by atoms with Gasteiger partial charge in [-0.2, -0.15) is 0 Å². The molecule has 0 saturated carbocycles. The molecule has 0 saturated heterocycles. The Kier molecular flexibility index (Phi) is 5.88. The Morgan fingerprint density at radius 3 is 2.50 bits per heavy atom. The molecule has 2 aromatic rings. The van der Waals surface area contributed by atoms with Gasteiger partial charge in [-0.25, -0.2) is 13.1 Å². The van der Waals surface area contributed by atoms with Crippen LogP contribution in [0.3, 0.4) is 0 Å². The zero-order chi connectivity index (χ0) is 17.7. The van der Waals surface area contributed by atoms with Crippen LogP contribution in [0.2, 0.25) is 0 Å². The first-order chi connectivity index (χ1) is 11.3. The van der Waals surface area contributed by atoms with Crippen molar-refractivity contribution in [2.24, 2.45) is 0 Å². The Bertz CT molecular complexity index is 830. The van der Waals surface area contributed by atoms with E-state index in [9.17, 15) is 13.2 Å². The van der Waals surface area contributed by atoms with E-state index in [1.165, 1.54) is 19.1 Å². The average molecular weight is 347 g/mol. The number of carbonyl (C=O) groups excluding carboxylic acids is 1. The summed E-state index contributed by atoms with van der Waals surface area (Å²) < 4.78 is 32.9. The lowest BCUT2D eigenvalue weighted by Gasteiger charge is -2.18. The monoisotopic (exact) mass is 347 g/mol. The molecule has 2 aromatic carbocycles. The molecule has 6 heteroatoms. The largest absolute Gasteiger partial charge is 0.375 e. The standard InChI is InChI=1S/C18H21NO4S/c1-13-7-4-5-10-17(13)18(23-3)12-19-24(21,22)16-9-6-8-15(11-16)14(2)20/h4-11,18-19H,12H2,1-3H3/t18-/m1/s1. The summed E-state index contributed by atoms with van der Waals surface area (Å²) in [5.41, 5.74) is 2.32. The number of nitrogens with one attached hydrogen (secondary N) is 1. The second kappa shape index (κ2) is 7.70. The summed E-state index contributed by atoms with van der Waals surface area (Å²) >= 11 is 0. The molecule has 0 amide bonds. The van der Waals surface area contributed by atoms with Crippen LogP contribution in [0.1, 0.15) is 34.5 Å². The van der Waals surface area contributed by atoms with Crippen LogP contribution in [-0.4, -0.2) is 27.9 Å². The molecule has 0 aromatic heterocycles. The molecule has 0 bridgehead atoms. The zero-order valence-electron chi connectivity index (χ0n) is 13.9. The number of methoxy groups -OCH3 is 1. The second-order valence-corrected chi connectivity index (χ2v) is 7.28. The van der Waals surface area contributed by atoms with E-state index in [0.29, 0.717) is 5.56 Å². The Labute approximate surface area is 142 Å². The van der Waals surface area contributed by atoms with Gasteiger partial charge in [-0.05, 0) is 37.1 Å². The van der Waals surface area contributed by atoms with Crippen molar-refractivity contribution < 1.29 is 17.9 Å². The summed E-state index contributed by atoms with van der Waals surface area (Å²) in [5, 5.41) is 0. The number of benzene rings is 2. The van der Waals surface area contributed by atoms with Crippen molar-refractivity contribution in [2.45, 2.75) is 24.8 Å². The van der Waals surface area contributed by atoms with Crippen LogP contribution in [0.5, 0.6) is 0 Å². The molecule has 5 nitrogen and oxygen atoms in total. The van der Waals surface area contributed by atoms with Gasteiger partial charge >= 0.3 is 0 Å². The Hall–Kier alpha value is -2.02. The van der Waals surface area contributed by atoms with Gasteiger partial charge in [0, 0.05) is 19.2 Å². The predicted octanol–water partition coefficient (Wildman–Crippen LogP) is 2.86. The van der Waals surface area contributed by atoms with Gasteiger partial charge in [0.05, 0.1) is 11.0 Å². The normalized spacial score (nSPS) is 12.8. The summed E-state index contributed by atoms with van der Waals surface area (Å²) in [6.07, 6.45) is -0.392. The number of ether oxygens (including phenoxy) is 1. The van der Waals surface area contributed by atoms with Gasteiger partial charge in [0.2, 0.25) is 10.0 Å². The van der Waals surface area contributed by atoms with Crippen LogP contribution in [0.15, 0.2) is 53.4 Å². The molecule has 0 fully saturated rings. The number of hydrogen-bond acceptors (Lipinski definition) is 4. The van der Waals surface area contributed by atoms with Crippen molar-refractivity contribution in [3.8, 4) is 0 Å². The van der Waals surface area contributed by atoms with Gasteiger partial charge in [-0.3, -0.25) is 4.79 Å². The summed E-state index contributed by atoms with van der Waals surface area (Å²) in [4.78, 5) is 11.5. The Morgan fingerprint density at radius 2 is 1.88 bits per heavy atom. The van der Waals surface area contributed by atoms with Crippen molar-refractivity contribution in [1.82, 2.24) is 4.72 Å². The highest BCUT2D eigenvalue weighted by molar-refractivity contribution is 7.89. The summed E-state index contributed by atoms with van der Waals surface area (Å²) in [6, 6.07) is 13.7. The van der Waals surface area contributed by atoms with E-state index in [0.717, 1.165) is 11.1 Å². The Balaban J connectivity index is 2.19. The SMILES string of the molecule is CO[C@H](CNS(=O)(=O)c1cccc(C(C)=O)c1)c1ccccc1C. The van der Waals surface area contributed by atoms with Crippen LogP contribution >= 0.6 is 0 Å². The minimum Gasteiger partial charge on any atom is -0.375 e. The molecule has 0 unspecified atom stereocenters. The number of aryl methyl sites for hydroxylation is 1. The van der Waals surface area contributed by atoms with Gasteiger partial charge in [-0.1, -0.05) is 36.4 Å². The molecule has 0 spiro atoms. The van der Waals surface area contributed by atoms with E-state index in [4.69, 9.17) is 4.74 Å². The minimum absolute atomic E-state index is 0.0647. The van der Waals surface area contributed by atoms with E-state index in [1.54, 1.807) is 19.2 Å². The first-order valence-electron chi connectivity index (χ1n) is 7.54. The first-order valence-corrected chi connectivity index (χ1v) is 9.02. The van der Waals surface area contributed by atoms with E-state index in [2.05, 4.69) is 4.72 Å². The molecular formula is C18H21NO4S. The number of Topliss-reactive ketones (excluding diaryl/α,β-unsaturated/α-hetero) is 1. The van der Waals surface area contributed by atoms with Gasteiger partial charge in [-0.15, -0.1) is 0 Å². The maximum absolute atomic E-state index is 12.5. The molecule has 0 aliphatic carbocycles. The van der Waals surface area contributed by atoms with Crippen LogP contribution in [0, 0.1) is 6.92 Å².